The molecule has 5 heteroatoms. The van der Waals surface area contributed by atoms with E-state index in [0.29, 0.717) is 17.2 Å². The Morgan fingerprint density at radius 1 is 1.15 bits per heavy atom. The van der Waals surface area contributed by atoms with Gasteiger partial charge in [0.05, 0.1) is 25.8 Å². The van der Waals surface area contributed by atoms with E-state index in [1.807, 2.05) is 30.1 Å². The number of rotatable bonds is 4. The highest BCUT2D eigenvalue weighted by Crippen LogP contribution is 2.37. The van der Waals surface area contributed by atoms with Gasteiger partial charge in [0.15, 0.2) is 11.5 Å². The third-order valence-electron chi connectivity index (χ3n) is 5.50. The van der Waals surface area contributed by atoms with Crippen LogP contribution in [0.25, 0.3) is 10.9 Å². The summed E-state index contributed by atoms with van der Waals surface area (Å²) < 4.78 is 10.9. The average Bonchev–Trinajstić information content (AvgIpc) is 3.15. The van der Waals surface area contributed by atoms with Gasteiger partial charge in [0.2, 0.25) is 0 Å². The molecule has 0 spiro atoms. The van der Waals surface area contributed by atoms with Gasteiger partial charge in [-0.3, -0.25) is 4.79 Å². The predicted octanol–water partition coefficient (Wildman–Crippen LogP) is 4.33. The quantitative estimate of drug-likeness (QED) is 0.749. The van der Waals surface area contributed by atoms with Crippen LogP contribution in [-0.2, 0) is 6.42 Å². The molecule has 27 heavy (non-hydrogen) atoms. The number of ether oxygens (including phenoxy) is 2. The standard InChI is InChI=1S/C22H24N2O3/c1-24(19-10-6-8-14-7-4-5-9-15(14)19)22(25)18-13-16-17(23-18)11-12-20(26-2)21(16)27-3/h4-5,7,9,11-13,19,23H,6,8,10H2,1-3H3/t19-/m0/s1. The molecule has 140 valence electrons. The van der Waals surface area contributed by atoms with Crippen LogP contribution in [0.15, 0.2) is 42.5 Å². The molecule has 1 N–H and O–H groups in total. The summed E-state index contributed by atoms with van der Waals surface area (Å²) in [6.07, 6.45) is 3.16. The lowest BCUT2D eigenvalue weighted by molar-refractivity contribution is 0.0710. The van der Waals surface area contributed by atoms with Gasteiger partial charge in [0.1, 0.15) is 5.69 Å². The summed E-state index contributed by atoms with van der Waals surface area (Å²) in [7, 11) is 5.10. The van der Waals surface area contributed by atoms with Crippen LogP contribution in [0.1, 0.15) is 40.5 Å². The van der Waals surface area contributed by atoms with Crippen molar-refractivity contribution in [2.24, 2.45) is 0 Å². The molecular weight excluding hydrogens is 340 g/mol. The molecule has 0 aliphatic heterocycles. The fraction of sp³-hybridized carbons (Fsp3) is 0.318. The minimum absolute atomic E-state index is 0.0195. The molecule has 1 amide bonds. The lowest BCUT2D eigenvalue weighted by Gasteiger charge is -2.33. The Hall–Kier alpha value is -2.95. The first-order valence-electron chi connectivity index (χ1n) is 9.22. The molecule has 4 rings (SSSR count). The number of methoxy groups -OCH3 is 2. The molecule has 0 saturated carbocycles. The number of H-pyrrole nitrogens is 1. The molecule has 0 radical (unpaired) electrons. The molecule has 2 aromatic carbocycles. The van der Waals surface area contributed by atoms with Crippen molar-refractivity contribution in [3.05, 3.63) is 59.3 Å². The first kappa shape index (κ1) is 17.5. The zero-order valence-electron chi connectivity index (χ0n) is 15.9. The summed E-state index contributed by atoms with van der Waals surface area (Å²) in [6.45, 7) is 0. The number of carbonyl (C=O) groups excluding carboxylic acids is 1. The molecular formula is C22H24N2O3. The maximum absolute atomic E-state index is 13.2. The van der Waals surface area contributed by atoms with Gasteiger partial charge < -0.3 is 19.4 Å². The van der Waals surface area contributed by atoms with Crippen molar-refractivity contribution >= 4 is 16.8 Å². The van der Waals surface area contributed by atoms with Crippen LogP contribution < -0.4 is 9.47 Å². The fourth-order valence-electron chi connectivity index (χ4n) is 4.11. The summed E-state index contributed by atoms with van der Waals surface area (Å²) in [5, 5.41) is 0.845. The Kier molecular flexibility index (Phi) is 4.52. The van der Waals surface area contributed by atoms with Crippen LogP contribution >= 0.6 is 0 Å². The topological polar surface area (TPSA) is 54.6 Å². The number of aromatic nitrogens is 1. The molecule has 1 aliphatic rings. The lowest BCUT2D eigenvalue weighted by atomic mass is 9.87. The first-order chi connectivity index (χ1) is 13.1. The minimum atomic E-state index is -0.0195. The van der Waals surface area contributed by atoms with E-state index in [9.17, 15) is 4.79 Å². The average molecular weight is 364 g/mol. The van der Waals surface area contributed by atoms with E-state index in [4.69, 9.17) is 9.47 Å². The lowest BCUT2D eigenvalue weighted by Crippen LogP contribution is -2.33. The van der Waals surface area contributed by atoms with Gasteiger partial charge in [0, 0.05) is 12.4 Å². The van der Waals surface area contributed by atoms with Crippen molar-refractivity contribution in [3.8, 4) is 11.5 Å². The Bertz CT molecular complexity index is 992. The second kappa shape index (κ2) is 6.99. The van der Waals surface area contributed by atoms with Crippen LogP contribution in [0, 0.1) is 0 Å². The molecule has 0 bridgehead atoms. The van der Waals surface area contributed by atoms with Gasteiger partial charge >= 0.3 is 0 Å². The summed E-state index contributed by atoms with van der Waals surface area (Å²) in [5.74, 6) is 1.27. The Labute approximate surface area is 158 Å². The molecule has 5 nitrogen and oxygen atoms in total. The first-order valence-corrected chi connectivity index (χ1v) is 9.22. The van der Waals surface area contributed by atoms with E-state index in [0.717, 1.165) is 30.2 Å². The van der Waals surface area contributed by atoms with Crippen LogP contribution in [0.5, 0.6) is 11.5 Å². The number of hydrogen-bond acceptors (Lipinski definition) is 3. The summed E-state index contributed by atoms with van der Waals surface area (Å²) in [4.78, 5) is 18.3. The van der Waals surface area contributed by atoms with E-state index in [-0.39, 0.29) is 11.9 Å². The predicted molar refractivity (Wildman–Crippen MR) is 106 cm³/mol. The summed E-state index contributed by atoms with van der Waals surface area (Å²) in [6, 6.07) is 14.1. The highest BCUT2D eigenvalue weighted by Gasteiger charge is 2.28. The Balaban J connectivity index is 1.69. The number of carbonyl (C=O) groups is 1. The van der Waals surface area contributed by atoms with E-state index in [1.54, 1.807) is 14.2 Å². The monoisotopic (exact) mass is 364 g/mol. The zero-order valence-corrected chi connectivity index (χ0v) is 15.9. The van der Waals surface area contributed by atoms with Gasteiger partial charge in [-0.05, 0) is 48.6 Å². The van der Waals surface area contributed by atoms with Crippen molar-refractivity contribution in [1.82, 2.24) is 9.88 Å². The fourth-order valence-corrected chi connectivity index (χ4v) is 4.11. The van der Waals surface area contributed by atoms with E-state index in [1.165, 1.54) is 11.1 Å². The van der Waals surface area contributed by atoms with Crippen molar-refractivity contribution in [3.63, 3.8) is 0 Å². The molecule has 0 fully saturated rings. The second-order valence-electron chi connectivity index (χ2n) is 6.97. The van der Waals surface area contributed by atoms with Crippen molar-refractivity contribution < 1.29 is 14.3 Å². The Morgan fingerprint density at radius 3 is 2.74 bits per heavy atom. The minimum Gasteiger partial charge on any atom is -0.493 e. The number of aryl methyl sites for hydroxylation is 1. The van der Waals surface area contributed by atoms with Crippen LogP contribution in [-0.4, -0.2) is 37.1 Å². The van der Waals surface area contributed by atoms with Gasteiger partial charge in [-0.2, -0.15) is 0 Å². The van der Waals surface area contributed by atoms with Gasteiger partial charge in [-0.1, -0.05) is 24.3 Å². The third kappa shape index (κ3) is 2.93. The maximum Gasteiger partial charge on any atom is 0.270 e. The largest absolute Gasteiger partial charge is 0.493 e. The van der Waals surface area contributed by atoms with Crippen LogP contribution in [0.4, 0.5) is 0 Å². The number of nitrogens with one attached hydrogen (secondary N) is 1. The molecule has 3 aromatic rings. The van der Waals surface area contributed by atoms with Gasteiger partial charge in [-0.15, -0.1) is 0 Å². The zero-order chi connectivity index (χ0) is 19.0. The number of nitrogens with zero attached hydrogens (tertiary/aromatic N) is 1. The highest BCUT2D eigenvalue weighted by atomic mass is 16.5. The smallest absolute Gasteiger partial charge is 0.270 e. The van der Waals surface area contributed by atoms with Gasteiger partial charge in [-0.25, -0.2) is 0 Å². The molecule has 1 atom stereocenters. The van der Waals surface area contributed by atoms with Crippen molar-refractivity contribution in [1.29, 1.82) is 0 Å². The molecule has 0 saturated heterocycles. The molecule has 1 heterocycles. The summed E-state index contributed by atoms with van der Waals surface area (Å²) >= 11 is 0. The maximum atomic E-state index is 13.2. The van der Waals surface area contributed by atoms with E-state index >= 15 is 0 Å². The summed E-state index contributed by atoms with van der Waals surface area (Å²) in [5.41, 5.74) is 4.02. The number of fused-ring (bicyclic) bond motifs is 2. The van der Waals surface area contributed by atoms with Crippen LogP contribution in [0.2, 0.25) is 0 Å². The number of amides is 1. The highest BCUT2D eigenvalue weighted by molar-refractivity contribution is 6.00. The number of hydrogen-bond donors (Lipinski definition) is 1. The van der Waals surface area contributed by atoms with Crippen molar-refractivity contribution in [2.45, 2.75) is 25.3 Å². The number of aromatic amines is 1. The number of benzene rings is 2. The molecule has 1 aliphatic carbocycles. The van der Waals surface area contributed by atoms with Crippen LogP contribution in [0.3, 0.4) is 0 Å². The second-order valence-corrected chi connectivity index (χ2v) is 6.97. The third-order valence-corrected chi connectivity index (χ3v) is 5.50. The SMILES string of the molecule is COc1ccc2[nH]c(C(=O)N(C)[C@H]3CCCc4ccccc43)cc2c1OC. The van der Waals surface area contributed by atoms with E-state index in [2.05, 4.69) is 29.2 Å². The molecule has 1 aromatic heterocycles. The Morgan fingerprint density at radius 2 is 1.96 bits per heavy atom. The van der Waals surface area contributed by atoms with E-state index < -0.39 is 0 Å². The van der Waals surface area contributed by atoms with Crippen molar-refractivity contribution in [2.75, 3.05) is 21.3 Å². The van der Waals surface area contributed by atoms with Gasteiger partial charge in [0.25, 0.3) is 5.91 Å². The molecule has 0 unspecified atom stereocenters. The normalized spacial score (nSPS) is 16.0.